The number of alkyl halides is 3. The summed E-state index contributed by atoms with van der Waals surface area (Å²) in [5, 5.41) is 6.12. The molecule has 1 aromatic carbocycles. The zero-order chi connectivity index (χ0) is 22.4. The molecule has 2 N–H and O–H groups in total. The Kier molecular flexibility index (Phi) is 7.29. The Hall–Kier alpha value is -2.91. The molecule has 0 aliphatic rings. The zero-order valence-electron chi connectivity index (χ0n) is 17.0. The van der Waals surface area contributed by atoms with Crippen LogP contribution in [0.25, 0.3) is 11.3 Å². The van der Waals surface area contributed by atoms with Gasteiger partial charge in [0.05, 0.1) is 22.0 Å². The summed E-state index contributed by atoms with van der Waals surface area (Å²) in [6, 6.07) is 8.48. The molecule has 0 aliphatic carbocycles. The minimum Gasteiger partial charge on any atom is -0.354 e. The fraction of sp³-hybridized carbons (Fsp3) is 0.286. The molecule has 0 radical (unpaired) electrons. The molecule has 0 saturated heterocycles. The smallest absolute Gasteiger partial charge is 0.354 e. The topological polar surface area (TPSA) is 66.0 Å². The van der Waals surface area contributed by atoms with Crippen molar-refractivity contribution in [3.8, 4) is 11.3 Å². The van der Waals surface area contributed by atoms with Crippen LogP contribution in [-0.4, -0.2) is 47.0 Å². The van der Waals surface area contributed by atoms with Gasteiger partial charge in [0.25, 0.3) is 0 Å². The molecular weight excluding hydrogens is 429 g/mol. The molecule has 3 aromatic rings. The highest BCUT2D eigenvalue weighted by molar-refractivity contribution is 6.33. The summed E-state index contributed by atoms with van der Waals surface area (Å²) < 4.78 is 38.7. The normalized spacial score (nSPS) is 11.6. The van der Waals surface area contributed by atoms with Crippen molar-refractivity contribution in [1.29, 1.82) is 0 Å². The average molecular weight is 451 g/mol. The van der Waals surface area contributed by atoms with E-state index in [1.165, 1.54) is 6.07 Å². The van der Waals surface area contributed by atoms with Gasteiger partial charge in [-0.05, 0) is 57.4 Å². The maximum atomic E-state index is 12.9. The highest BCUT2D eigenvalue weighted by Crippen LogP contribution is 2.35. The van der Waals surface area contributed by atoms with E-state index in [1.807, 2.05) is 20.2 Å². The van der Waals surface area contributed by atoms with E-state index >= 15 is 0 Å². The van der Waals surface area contributed by atoms with Crippen molar-refractivity contribution >= 4 is 29.1 Å². The Morgan fingerprint density at radius 1 is 1.10 bits per heavy atom. The molecule has 0 fully saturated rings. The number of nitrogens with one attached hydrogen (secondary N) is 2. The number of rotatable bonds is 8. The second-order valence-electron chi connectivity index (χ2n) is 7.10. The maximum Gasteiger partial charge on any atom is 0.416 e. The molecule has 2 heterocycles. The van der Waals surface area contributed by atoms with E-state index in [9.17, 15) is 13.2 Å². The van der Waals surface area contributed by atoms with Crippen LogP contribution in [0.2, 0.25) is 5.02 Å². The number of pyridine rings is 1. The van der Waals surface area contributed by atoms with Gasteiger partial charge in [0, 0.05) is 30.6 Å². The lowest BCUT2D eigenvalue weighted by atomic mass is 10.2. The van der Waals surface area contributed by atoms with Crippen LogP contribution in [0.1, 0.15) is 12.0 Å². The lowest BCUT2D eigenvalue weighted by Gasteiger charge is -2.14. The number of hydrogen-bond acceptors (Lipinski definition) is 6. The van der Waals surface area contributed by atoms with Crippen LogP contribution in [0, 0.1) is 0 Å². The molecule has 10 heteroatoms. The molecular formula is C21H22ClF3N6. The van der Waals surface area contributed by atoms with Gasteiger partial charge in [0.1, 0.15) is 5.82 Å². The van der Waals surface area contributed by atoms with E-state index in [0.29, 0.717) is 29.7 Å². The van der Waals surface area contributed by atoms with Gasteiger partial charge in [-0.3, -0.25) is 4.98 Å². The number of halogens is 4. The molecule has 0 saturated carbocycles. The quantitative estimate of drug-likeness (QED) is 0.453. The zero-order valence-corrected chi connectivity index (χ0v) is 17.8. The van der Waals surface area contributed by atoms with E-state index in [2.05, 4.69) is 30.5 Å². The number of benzene rings is 1. The van der Waals surface area contributed by atoms with Crippen LogP contribution in [0.4, 0.5) is 30.6 Å². The monoisotopic (exact) mass is 450 g/mol. The summed E-state index contributed by atoms with van der Waals surface area (Å²) in [6.07, 6.45) is -0.242. The van der Waals surface area contributed by atoms with Gasteiger partial charge in [0.15, 0.2) is 0 Å². The van der Waals surface area contributed by atoms with Crippen molar-refractivity contribution in [1.82, 2.24) is 19.9 Å². The van der Waals surface area contributed by atoms with Crippen LogP contribution >= 0.6 is 11.6 Å². The van der Waals surface area contributed by atoms with Crippen LogP contribution in [0.15, 0.2) is 48.8 Å². The third-order valence-electron chi connectivity index (χ3n) is 4.31. The Morgan fingerprint density at radius 3 is 2.55 bits per heavy atom. The SMILES string of the molecule is CN(C)CCCNc1nc(Nc2ccc(C(F)(F)F)cc2Cl)cc(-c2cccnc2)n1. The van der Waals surface area contributed by atoms with Crippen molar-refractivity contribution < 1.29 is 13.2 Å². The summed E-state index contributed by atoms with van der Waals surface area (Å²) in [5.41, 5.74) is 0.889. The van der Waals surface area contributed by atoms with Crippen LogP contribution in [0.5, 0.6) is 0 Å². The Morgan fingerprint density at radius 2 is 1.90 bits per heavy atom. The number of anilines is 3. The van der Waals surface area contributed by atoms with Gasteiger partial charge in [-0.1, -0.05) is 11.6 Å². The highest BCUT2D eigenvalue weighted by atomic mass is 35.5. The van der Waals surface area contributed by atoms with Crippen molar-refractivity contribution in [2.45, 2.75) is 12.6 Å². The third kappa shape index (κ3) is 6.53. The van der Waals surface area contributed by atoms with E-state index in [-0.39, 0.29) is 5.02 Å². The van der Waals surface area contributed by atoms with Crippen molar-refractivity contribution in [2.75, 3.05) is 37.8 Å². The van der Waals surface area contributed by atoms with Crippen LogP contribution < -0.4 is 10.6 Å². The molecule has 6 nitrogen and oxygen atoms in total. The fourth-order valence-corrected chi connectivity index (χ4v) is 3.01. The molecule has 164 valence electrons. The molecule has 0 bridgehead atoms. The minimum absolute atomic E-state index is 0.0585. The predicted octanol–water partition coefficient (Wildman–Crippen LogP) is 5.32. The first-order valence-electron chi connectivity index (χ1n) is 9.54. The first-order valence-corrected chi connectivity index (χ1v) is 9.92. The lowest BCUT2D eigenvalue weighted by Crippen LogP contribution is -2.17. The molecule has 0 spiro atoms. The second-order valence-corrected chi connectivity index (χ2v) is 7.51. The molecule has 0 atom stereocenters. The fourth-order valence-electron chi connectivity index (χ4n) is 2.78. The largest absolute Gasteiger partial charge is 0.416 e. The third-order valence-corrected chi connectivity index (χ3v) is 4.62. The number of hydrogen-bond donors (Lipinski definition) is 2. The lowest BCUT2D eigenvalue weighted by molar-refractivity contribution is -0.137. The van der Waals surface area contributed by atoms with E-state index in [4.69, 9.17) is 11.6 Å². The van der Waals surface area contributed by atoms with Gasteiger partial charge < -0.3 is 15.5 Å². The maximum absolute atomic E-state index is 12.9. The van der Waals surface area contributed by atoms with Crippen molar-refractivity contribution in [2.24, 2.45) is 0 Å². The van der Waals surface area contributed by atoms with Gasteiger partial charge in [-0.25, -0.2) is 4.98 Å². The number of aromatic nitrogens is 3. The first kappa shape index (κ1) is 22.8. The molecule has 0 aliphatic heterocycles. The Balaban J connectivity index is 1.87. The molecule has 3 rings (SSSR count). The Bertz CT molecular complexity index is 1010. The second kappa shape index (κ2) is 9.93. The summed E-state index contributed by atoms with van der Waals surface area (Å²) >= 11 is 6.08. The van der Waals surface area contributed by atoms with Gasteiger partial charge >= 0.3 is 6.18 Å². The summed E-state index contributed by atoms with van der Waals surface area (Å²) in [4.78, 5) is 15.2. The molecule has 0 amide bonds. The van der Waals surface area contributed by atoms with Crippen molar-refractivity contribution in [3.05, 3.63) is 59.4 Å². The summed E-state index contributed by atoms with van der Waals surface area (Å²) in [5.74, 6) is 0.788. The highest BCUT2D eigenvalue weighted by Gasteiger charge is 2.30. The van der Waals surface area contributed by atoms with E-state index < -0.39 is 11.7 Å². The minimum atomic E-state index is -4.46. The first-order chi connectivity index (χ1) is 14.7. The average Bonchev–Trinajstić information content (AvgIpc) is 2.72. The number of nitrogens with zero attached hydrogens (tertiary/aromatic N) is 4. The van der Waals surface area contributed by atoms with Crippen molar-refractivity contribution in [3.63, 3.8) is 0 Å². The van der Waals surface area contributed by atoms with Gasteiger partial charge in [-0.15, -0.1) is 0 Å². The molecule has 31 heavy (non-hydrogen) atoms. The van der Waals surface area contributed by atoms with Gasteiger partial charge in [-0.2, -0.15) is 18.2 Å². The molecule has 2 aromatic heterocycles. The van der Waals surface area contributed by atoms with Crippen LogP contribution in [-0.2, 0) is 6.18 Å². The predicted molar refractivity (Wildman–Crippen MR) is 117 cm³/mol. The standard InChI is InChI=1S/C21H22ClF3N6/c1-31(2)10-4-9-27-20-29-18(14-5-3-8-26-13-14)12-19(30-20)28-17-7-6-15(11-16(17)22)21(23,24)25/h3,5-8,11-13H,4,9-10H2,1-2H3,(H2,27,28,29,30). The van der Waals surface area contributed by atoms with E-state index in [1.54, 1.807) is 24.5 Å². The summed E-state index contributed by atoms with van der Waals surface area (Å²) in [7, 11) is 3.99. The summed E-state index contributed by atoms with van der Waals surface area (Å²) in [6.45, 7) is 1.57. The van der Waals surface area contributed by atoms with Crippen LogP contribution in [0.3, 0.4) is 0 Å². The molecule has 0 unspecified atom stereocenters. The van der Waals surface area contributed by atoms with E-state index in [0.717, 1.165) is 30.7 Å². The Labute approximate surface area is 183 Å². The van der Waals surface area contributed by atoms with Gasteiger partial charge in [0.2, 0.25) is 5.95 Å².